The summed E-state index contributed by atoms with van der Waals surface area (Å²) in [6, 6.07) is 70.7. The molecule has 2 nitrogen and oxygen atoms in total. The lowest BCUT2D eigenvalue weighted by atomic mass is 9.81. The van der Waals surface area contributed by atoms with Crippen molar-refractivity contribution in [3.63, 3.8) is 0 Å². The quantitative estimate of drug-likeness (QED) is 0.174. The van der Waals surface area contributed by atoms with Gasteiger partial charge in [0, 0.05) is 42.3 Å². The van der Waals surface area contributed by atoms with Crippen LogP contribution in [0.2, 0.25) is 0 Å². The van der Waals surface area contributed by atoms with Crippen LogP contribution in [0.4, 0.5) is 0 Å². The molecular formula is C57H38N2S. The molecule has 11 aromatic rings. The van der Waals surface area contributed by atoms with Gasteiger partial charge in [-0.25, -0.2) is 9.97 Å². The summed E-state index contributed by atoms with van der Waals surface area (Å²) < 4.78 is 2.66. The van der Waals surface area contributed by atoms with Crippen LogP contribution >= 0.6 is 11.3 Å². The van der Waals surface area contributed by atoms with Crippen LogP contribution in [0.25, 0.3) is 109 Å². The molecule has 0 amide bonds. The molecule has 0 radical (unpaired) electrons. The Labute approximate surface area is 353 Å². The third-order valence-corrected chi connectivity index (χ3v) is 13.8. The summed E-state index contributed by atoms with van der Waals surface area (Å²) in [5.41, 5.74) is 15.0. The highest BCUT2D eigenvalue weighted by molar-refractivity contribution is 7.25. The molecule has 0 N–H and O–H groups in total. The molecule has 0 bridgehead atoms. The lowest BCUT2D eigenvalue weighted by Crippen LogP contribution is -2.14. The first-order valence-electron chi connectivity index (χ1n) is 20.6. The van der Waals surface area contributed by atoms with Crippen LogP contribution in [0, 0.1) is 0 Å². The fourth-order valence-electron chi connectivity index (χ4n) is 9.58. The van der Waals surface area contributed by atoms with E-state index in [1.54, 1.807) is 0 Å². The first kappa shape index (κ1) is 34.8. The number of aromatic nitrogens is 2. The van der Waals surface area contributed by atoms with Gasteiger partial charge in [0.05, 0.1) is 11.4 Å². The molecule has 2 aromatic heterocycles. The second kappa shape index (κ2) is 13.4. The highest BCUT2D eigenvalue weighted by Crippen LogP contribution is 2.53. The summed E-state index contributed by atoms with van der Waals surface area (Å²) in [7, 11) is 0. The van der Waals surface area contributed by atoms with Crippen LogP contribution < -0.4 is 0 Å². The average molecular weight is 783 g/mol. The molecule has 0 unspecified atom stereocenters. The zero-order valence-electron chi connectivity index (χ0n) is 33.3. The van der Waals surface area contributed by atoms with Gasteiger partial charge in [0.15, 0.2) is 5.82 Å². The molecule has 60 heavy (non-hydrogen) atoms. The number of hydrogen-bond donors (Lipinski definition) is 0. The predicted molar refractivity (Wildman–Crippen MR) is 255 cm³/mol. The largest absolute Gasteiger partial charge is 0.228 e. The zero-order valence-corrected chi connectivity index (χ0v) is 34.1. The summed E-state index contributed by atoms with van der Waals surface area (Å²) in [5.74, 6) is 0.721. The van der Waals surface area contributed by atoms with E-state index in [0.717, 1.165) is 33.9 Å². The average Bonchev–Trinajstić information content (AvgIpc) is 3.80. The van der Waals surface area contributed by atoms with Crippen molar-refractivity contribution >= 4 is 53.1 Å². The highest BCUT2D eigenvalue weighted by atomic mass is 32.1. The van der Waals surface area contributed by atoms with Gasteiger partial charge in [-0.15, -0.1) is 11.3 Å². The Kier molecular flexibility index (Phi) is 7.79. The van der Waals surface area contributed by atoms with E-state index < -0.39 is 0 Å². The van der Waals surface area contributed by atoms with Crippen molar-refractivity contribution in [2.24, 2.45) is 0 Å². The number of fused-ring (bicyclic) bond motifs is 8. The second-order valence-electron chi connectivity index (χ2n) is 16.6. The molecule has 9 aromatic carbocycles. The van der Waals surface area contributed by atoms with Crippen molar-refractivity contribution in [3.05, 3.63) is 205 Å². The summed E-state index contributed by atoms with van der Waals surface area (Å²) in [6.45, 7) is 4.70. The number of nitrogens with zero attached hydrogens (tertiary/aromatic N) is 2. The minimum Gasteiger partial charge on any atom is -0.228 e. The molecule has 0 atom stereocenters. The highest BCUT2D eigenvalue weighted by Gasteiger charge is 2.37. The molecule has 12 rings (SSSR count). The van der Waals surface area contributed by atoms with Gasteiger partial charge in [-0.3, -0.25) is 0 Å². The van der Waals surface area contributed by atoms with Crippen LogP contribution in [0.15, 0.2) is 194 Å². The first-order valence-corrected chi connectivity index (χ1v) is 21.5. The van der Waals surface area contributed by atoms with Crippen molar-refractivity contribution < 1.29 is 0 Å². The fourth-order valence-corrected chi connectivity index (χ4v) is 10.7. The molecule has 1 aliphatic rings. The summed E-state index contributed by atoms with van der Waals surface area (Å²) in [5, 5.41) is 7.56. The summed E-state index contributed by atoms with van der Waals surface area (Å²) in [6.07, 6.45) is 0. The lowest BCUT2D eigenvalue weighted by Gasteiger charge is -2.22. The molecule has 2 heterocycles. The Morgan fingerprint density at radius 1 is 0.383 bits per heavy atom. The number of hydrogen-bond acceptors (Lipinski definition) is 3. The Bertz CT molecular complexity index is 3500. The van der Waals surface area contributed by atoms with Crippen LogP contribution in [-0.4, -0.2) is 9.97 Å². The van der Waals surface area contributed by atoms with Gasteiger partial charge >= 0.3 is 0 Å². The van der Waals surface area contributed by atoms with Gasteiger partial charge in [-0.05, 0) is 109 Å². The van der Waals surface area contributed by atoms with Crippen molar-refractivity contribution in [3.8, 4) is 67.3 Å². The molecule has 0 saturated heterocycles. The minimum absolute atomic E-state index is 0.143. The van der Waals surface area contributed by atoms with Gasteiger partial charge in [-0.1, -0.05) is 166 Å². The molecular weight excluding hydrogens is 745 g/mol. The van der Waals surface area contributed by atoms with E-state index in [2.05, 4.69) is 202 Å². The molecule has 1 aliphatic carbocycles. The minimum atomic E-state index is -0.143. The lowest BCUT2D eigenvalue weighted by molar-refractivity contribution is 0.661. The first-order chi connectivity index (χ1) is 29.5. The van der Waals surface area contributed by atoms with Gasteiger partial charge < -0.3 is 0 Å². The van der Waals surface area contributed by atoms with E-state index in [-0.39, 0.29) is 5.41 Å². The molecule has 0 fully saturated rings. The molecule has 0 aliphatic heterocycles. The predicted octanol–water partition coefficient (Wildman–Crippen LogP) is 15.8. The second-order valence-corrected chi connectivity index (χ2v) is 17.6. The van der Waals surface area contributed by atoms with E-state index in [9.17, 15) is 0 Å². The summed E-state index contributed by atoms with van der Waals surface area (Å²) in [4.78, 5) is 10.5. The number of rotatable bonds is 5. The van der Waals surface area contributed by atoms with Crippen LogP contribution in [0.3, 0.4) is 0 Å². The number of benzene rings is 9. The Morgan fingerprint density at radius 2 is 1.00 bits per heavy atom. The van der Waals surface area contributed by atoms with Crippen LogP contribution in [-0.2, 0) is 5.41 Å². The van der Waals surface area contributed by atoms with Gasteiger partial charge in [0.2, 0.25) is 0 Å². The maximum atomic E-state index is 5.31. The van der Waals surface area contributed by atoms with E-state index in [0.29, 0.717) is 0 Å². The normalized spacial score (nSPS) is 13.0. The van der Waals surface area contributed by atoms with Gasteiger partial charge in [0.1, 0.15) is 0 Å². The van der Waals surface area contributed by atoms with Gasteiger partial charge in [0.25, 0.3) is 0 Å². The van der Waals surface area contributed by atoms with Gasteiger partial charge in [-0.2, -0.15) is 0 Å². The van der Waals surface area contributed by atoms with Crippen molar-refractivity contribution in [2.45, 2.75) is 19.3 Å². The Morgan fingerprint density at radius 3 is 1.83 bits per heavy atom. The monoisotopic (exact) mass is 782 g/mol. The maximum Gasteiger partial charge on any atom is 0.160 e. The smallest absolute Gasteiger partial charge is 0.160 e. The summed E-state index contributed by atoms with van der Waals surface area (Å²) >= 11 is 1.87. The third kappa shape index (κ3) is 5.54. The van der Waals surface area contributed by atoms with E-state index in [4.69, 9.17) is 9.97 Å². The van der Waals surface area contributed by atoms with E-state index >= 15 is 0 Å². The topological polar surface area (TPSA) is 25.8 Å². The Balaban J connectivity index is 0.933. The van der Waals surface area contributed by atoms with Crippen LogP contribution in [0.5, 0.6) is 0 Å². The molecule has 0 spiro atoms. The van der Waals surface area contributed by atoms with E-state index in [1.807, 2.05) is 17.4 Å². The Hall–Kier alpha value is -7.20. The van der Waals surface area contributed by atoms with Crippen molar-refractivity contribution in [1.29, 1.82) is 0 Å². The third-order valence-electron chi connectivity index (χ3n) is 12.7. The SMILES string of the molecule is CC1(C)c2cc3ccccc3cc2-c2c(-c3cc(-c4ccc5cc(-c6ccc(-c7cccc8sc9ccccc9c78)cc6)ccc5c4)nc(-c4ccccc4)n3)cccc21. The standard InChI is InChI=1S/C57H38N2S/c1-57(2)48-19-10-18-45(54(48)47-32-38-14-6-7-15-39(38)33-49(47)57)51-34-50(58-56(59-51)37-12-4-3-5-13-37)43-29-28-41-30-40(26-27-42(41)31-43)35-22-24-36(25-23-35)44-17-11-21-53-55(44)46-16-8-9-20-52(46)60-53/h3-34H,1-2H3. The zero-order chi connectivity index (χ0) is 40.0. The fraction of sp³-hybridized carbons (Fsp3) is 0.0526. The maximum absolute atomic E-state index is 5.31. The number of thiophene rings is 1. The molecule has 0 saturated carbocycles. The van der Waals surface area contributed by atoms with E-state index in [1.165, 1.54) is 86.2 Å². The molecule has 3 heteroatoms. The van der Waals surface area contributed by atoms with Crippen LogP contribution in [0.1, 0.15) is 25.0 Å². The van der Waals surface area contributed by atoms with Crippen molar-refractivity contribution in [1.82, 2.24) is 9.97 Å². The molecule has 282 valence electrons. The van der Waals surface area contributed by atoms with Crippen molar-refractivity contribution in [2.75, 3.05) is 0 Å².